The van der Waals surface area contributed by atoms with Gasteiger partial charge in [0.1, 0.15) is 5.78 Å². The van der Waals surface area contributed by atoms with E-state index in [4.69, 9.17) is 0 Å². The molecule has 0 bridgehead atoms. The van der Waals surface area contributed by atoms with Crippen LogP contribution >= 0.6 is 0 Å². The maximum absolute atomic E-state index is 12.6. The van der Waals surface area contributed by atoms with Gasteiger partial charge in [0.05, 0.1) is 0 Å². The molecule has 0 spiro atoms. The number of aliphatic hydroxyl groups excluding tert-OH is 1. The molecule has 4 rings (SSSR count). The Balaban J connectivity index is 1.70. The van der Waals surface area contributed by atoms with Crippen LogP contribution in [0.3, 0.4) is 0 Å². The Morgan fingerprint density at radius 3 is 2.78 bits per heavy atom. The summed E-state index contributed by atoms with van der Waals surface area (Å²) in [6.07, 6.45) is 12.1. The first-order chi connectivity index (χ1) is 11.0. The van der Waals surface area contributed by atoms with Crippen LogP contribution in [0.4, 0.5) is 0 Å². The van der Waals surface area contributed by atoms with Crippen LogP contribution in [0.2, 0.25) is 0 Å². The van der Waals surface area contributed by atoms with Gasteiger partial charge in [-0.3, -0.25) is 9.59 Å². The summed E-state index contributed by atoms with van der Waals surface area (Å²) in [5, 5.41) is 9.53. The Hall–Kier alpha value is -1.22. The predicted octanol–water partition coefficient (Wildman–Crippen LogP) is 3.23. The molecular formula is C20H26O3. The average molecular weight is 314 g/mol. The zero-order valence-corrected chi connectivity index (χ0v) is 13.9. The molecule has 0 aliphatic heterocycles. The number of hydrogen-bond donors (Lipinski definition) is 1. The van der Waals surface area contributed by atoms with Gasteiger partial charge in [-0.25, -0.2) is 0 Å². The van der Waals surface area contributed by atoms with Gasteiger partial charge in [-0.15, -0.1) is 0 Å². The molecule has 0 aromatic heterocycles. The molecule has 5 atom stereocenters. The monoisotopic (exact) mass is 314 g/mol. The lowest BCUT2D eigenvalue weighted by Gasteiger charge is -2.56. The standard InChI is InChI=1S/C20H26O3/c1-19-8-6-14(22)12-13(19)2-3-15-16(19)7-9-20(10-11-21)17(15)4-5-18(20)23/h6,8,12,15-17,21H,2-5,7,9-11H2,1H3/t15-,16+,17+,19+,20-/m1/s1. The first-order valence-corrected chi connectivity index (χ1v) is 9.10. The van der Waals surface area contributed by atoms with Gasteiger partial charge in [-0.1, -0.05) is 18.6 Å². The van der Waals surface area contributed by atoms with Crippen molar-refractivity contribution in [3.8, 4) is 0 Å². The molecule has 0 aromatic rings. The van der Waals surface area contributed by atoms with Crippen molar-refractivity contribution in [3.05, 3.63) is 23.8 Å². The zero-order valence-electron chi connectivity index (χ0n) is 13.9. The minimum absolute atomic E-state index is 0.00611. The van der Waals surface area contributed by atoms with Gasteiger partial charge in [0.2, 0.25) is 0 Å². The Kier molecular flexibility index (Phi) is 3.42. The number of allylic oxidation sites excluding steroid dienone is 4. The van der Waals surface area contributed by atoms with Crippen molar-refractivity contribution in [3.63, 3.8) is 0 Å². The highest BCUT2D eigenvalue weighted by molar-refractivity contribution is 6.01. The van der Waals surface area contributed by atoms with Crippen molar-refractivity contribution in [1.82, 2.24) is 0 Å². The topological polar surface area (TPSA) is 54.4 Å². The predicted molar refractivity (Wildman–Crippen MR) is 87.7 cm³/mol. The lowest BCUT2D eigenvalue weighted by atomic mass is 9.48. The van der Waals surface area contributed by atoms with Crippen molar-refractivity contribution < 1.29 is 14.7 Å². The quantitative estimate of drug-likeness (QED) is 0.851. The second kappa shape index (κ2) is 5.14. The summed E-state index contributed by atoms with van der Waals surface area (Å²) in [5.41, 5.74) is 1.04. The molecule has 0 saturated heterocycles. The van der Waals surface area contributed by atoms with Crippen LogP contribution in [-0.4, -0.2) is 23.3 Å². The highest BCUT2D eigenvalue weighted by Gasteiger charge is 2.59. The molecule has 3 nitrogen and oxygen atoms in total. The summed E-state index contributed by atoms with van der Waals surface area (Å²) in [5.74, 6) is 2.05. The minimum Gasteiger partial charge on any atom is -0.396 e. The lowest BCUT2D eigenvalue weighted by molar-refractivity contribution is -0.134. The van der Waals surface area contributed by atoms with E-state index in [-0.39, 0.29) is 23.2 Å². The van der Waals surface area contributed by atoms with Crippen LogP contribution in [0.1, 0.15) is 51.9 Å². The van der Waals surface area contributed by atoms with Crippen molar-refractivity contribution >= 4 is 11.6 Å². The largest absolute Gasteiger partial charge is 0.396 e. The number of hydrogen-bond acceptors (Lipinski definition) is 3. The van der Waals surface area contributed by atoms with Crippen LogP contribution in [0.25, 0.3) is 0 Å². The van der Waals surface area contributed by atoms with Gasteiger partial charge in [-0.05, 0) is 68.4 Å². The fourth-order valence-corrected chi connectivity index (χ4v) is 6.43. The molecule has 4 aliphatic rings. The molecule has 0 aromatic carbocycles. The van der Waals surface area contributed by atoms with Crippen LogP contribution in [0.5, 0.6) is 0 Å². The molecule has 0 radical (unpaired) electrons. The summed E-state index contributed by atoms with van der Waals surface area (Å²) in [6, 6.07) is 0. The smallest absolute Gasteiger partial charge is 0.178 e. The number of ketones is 2. The van der Waals surface area contributed by atoms with Crippen molar-refractivity contribution in [1.29, 1.82) is 0 Å². The number of fused-ring (bicyclic) bond motifs is 5. The molecule has 4 aliphatic carbocycles. The summed E-state index contributed by atoms with van der Waals surface area (Å²) in [4.78, 5) is 24.4. The van der Waals surface area contributed by atoms with E-state index >= 15 is 0 Å². The van der Waals surface area contributed by atoms with Gasteiger partial charge in [0, 0.05) is 23.9 Å². The summed E-state index contributed by atoms with van der Waals surface area (Å²) >= 11 is 0. The van der Waals surface area contributed by atoms with Gasteiger partial charge in [0.25, 0.3) is 0 Å². The van der Waals surface area contributed by atoms with Crippen LogP contribution in [-0.2, 0) is 9.59 Å². The molecular weight excluding hydrogens is 288 g/mol. The Labute approximate surface area is 137 Å². The maximum atomic E-state index is 12.6. The van der Waals surface area contributed by atoms with Gasteiger partial charge >= 0.3 is 0 Å². The highest BCUT2D eigenvalue weighted by atomic mass is 16.3. The normalized spacial score (nSPS) is 45.3. The molecule has 0 unspecified atom stereocenters. The number of carbonyl (C=O) groups excluding carboxylic acids is 2. The number of Topliss-reactive ketones (excluding diaryl/α,β-unsaturated/α-hetero) is 1. The fraction of sp³-hybridized carbons (Fsp3) is 0.700. The van der Waals surface area contributed by atoms with Crippen molar-refractivity contribution in [2.24, 2.45) is 28.6 Å². The van der Waals surface area contributed by atoms with Crippen molar-refractivity contribution in [2.75, 3.05) is 6.61 Å². The second-order valence-corrected chi connectivity index (χ2v) is 8.23. The fourth-order valence-electron chi connectivity index (χ4n) is 6.43. The summed E-state index contributed by atoms with van der Waals surface area (Å²) < 4.78 is 0. The third-order valence-electron chi connectivity index (χ3n) is 7.56. The number of rotatable bonds is 2. The molecule has 124 valence electrons. The van der Waals surface area contributed by atoms with E-state index in [9.17, 15) is 14.7 Å². The molecule has 3 fully saturated rings. The Morgan fingerprint density at radius 1 is 1.17 bits per heavy atom. The maximum Gasteiger partial charge on any atom is 0.178 e. The third kappa shape index (κ3) is 1.98. The molecule has 0 amide bonds. The number of aliphatic hydroxyl groups is 1. The van der Waals surface area contributed by atoms with E-state index in [1.54, 1.807) is 6.08 Å². The van der Waals surface area contributed by atoms with Crippen LogP contribution in [0.15, 0.2) is 23.8 Å². The van der Waals surface area contributed by atoms with Gasteiger partial charge in [-0.2, -0.15) is 0 Å². The first-order valence-electron chi connectivity index (χ1n) is 9.10. The minimum atomic E-state index is -0.248. The van der Waals surface area contributed by atoms with Crippen LogP contribution < -0.4 is 0 Å². The van der Waals surface area contributed by atoms with E-state index in [0.717, 1.165) is 32.1 Å². The first kappa shape index (κ1) is 15.3. The molecule has 3 heteroatoms. The van der Waals surface area contributed by atoms with Gasteiger partial charge in [0.15, 0.2) is 5.78 Å². The Bertz CT molecular complexity index is 616. The summed E-state index contributed by atoms with van der Waals surface area (Å²) in [6.45, 7) is 2.41. The van der Waals surface area contributed by atoms with E-state index in [0.29, 0.717) is 36.4 Å². The molecule has 1 N–H and O–H groups in total. The number of carbonyl (C=O) groups is 2. The van der Waals surface area contributed by atoms with E-state index in [2.05, 4.69) is 13.0 Å². The Morgan fingerprint density at radius 2 is 2.00 bits per heavy atom. The van der Waals surface area contributed by atoms with Crippen molar-refractivity contribution in [2.45, 2.75) is 51.9 Å². The zero-order chi connectivity index (χ0) is 16.2. The van der Waals surface area contributed by atoms with Crippen LogP contribution in [0, 0.1) is 28.6 Å². The lowest BCUT2D eigenvalue weighted by Crippen LogP contribution is -2.51. The molecule has 0 heterocycles. The summed E-state index contributed by atoms with van der Waals surface area (Å²) in [7, 11) is 0. The SMILES string of the molecule is C[C@]12C=CC(=O)C=C1CC[C@H]1[C@@H]3CCC(=O)[C@@]3(CCO)CC[C@@H]12. The molecule has 23 heavy (non-hydrogen) atoms. The highest BCUT2D eigenvalue weighted by Crippen LogP contribution is 2.64. The van der Waals surface area contributed by atoms with Gasteiger partial charge < -0.3 is 5.11 Å². The third-order valence-corrected chi connectivity index (χ3v) is 7.56. The second-order valence-electron chi connectivity index (χ2n) is 8.23. The molecule has 3 saturated carbocycles. The van der Waals surface area contributed by atoms with E-state index < -0.39 is 0 Å². The van der Waals surface area contributed by atoms with E-state index in [1.807, 2.05) is 6.08 Å². The van der Waals surface area contributed by atoms with E-state index in [1.165, 1.54) is 5.57 Å². The average Bonchev–Trinajstić information content (AvgIpc) is 2.86.